The Bertz CT molecular complexity index is 607. The van der Waals surface area contributed by atoms with Gasteiger partial charge < -0.3 is 9.64 Å². The van der Waals surface area contributed by atoms with Gasteiger partial charge in [-0.2, -0.15) is 0 Å². The Morgan fingerprint density at radius 2 is 1.95 bits per heavy atom. The molecule has 1 heterocycles. The Morgan fingerprint density at radius 3 is 2.74 bits per heavy atom. The number of carbonyl (C=O) groups is 1. The van der Waals surface area contributed by atoms with Crippen molar-refractivity contribution in [1.29, 1.82) is 0 Å². The van der Waals surface area contributed by atoms with E-state index >= 15 is 0 Å². The molecule has 0 radical (unpaired) electrons. The highest BCUT2D eigenvalue weighted by Crippen LogP contribution is 2.33. The van der Waals surface area contributed by atoms with Gasteiger partial charge in [0.1, 0.15) is 12.4 Å². The molecule has 96 valence electrons. The summed E-state index contributed by atoms with van der Waals surface area (Å²) in [6, 6.07) is 15.3. The molecule has 0 fully saturated rings. The monoisotopic (exact) mass is 253 g/mol. The molecule has 1 aliphatic rings. The second kappa shape index (κ2) is 4.76. The summed E-state index contributed by atoms with van der Waals surface area (Å²) in [5, 5.41) is 0. The Kier molecular flexibility index (Phi) is 2.95. The third-order valence-electron chi connectivity index (χ3n) is 3.24. The predicted molar refractivity (Wildman–Crippen MR) is 74.8 cm³/mol. The lowest BCUT2D eigenvalue weighted by atomic mass is 10.1. The van der Waals surface area contributed by atoms with E-state index in [0.717, 1.165) is 17.0 Å². The highest BCUT2D eigenvalue weighted by molar-refractivity contribution is 6.07. The molecule has 0 atom stereocenters. The summed E-state index contributed by atoms with van der Waals surface area (Å²) in [4.78, 5) is 14.3. The lowest BCUT2D eigenvalue weighted by molar-refractivity contribution is 0.0976. The second-order valence-electron chi connectivity index (χ2n) is 4.64. The first-order valence-electron chi connectivity index (χ1n) is 6.36. The molecule has 0 saturated heterocycles. The summed E-state index contributed by atoms with van der Waals surface area (Å²) in [5.74, 6) is 0.810. The molecule has 0 aromatic heterocycles. The number of ether oxygens (including phenoxy) is 1. The molecule has 0 unspecified atom stereocenters. The summed E-state index contributed by atoms with van der Waals surface area (Å²) in [7, 11) is 0. The zero-order valence-electron chi connectivity index (χ0n) is 10.8. The molecule has 3 heteroatoms. The second-order valence-corrected chi connectivity index (χ2v) is 4.64. The van der Waals surface area contributed by atoms with Gasteiger partial charge in [-0.3, -0.25) is 4.79 Å². The fourth-order valence-electron chi connectivity index (χ4n) is 2.27. The van der Waals surface area contributed by atoms with Crippen LogP contribution in [-0.2, 0) is 0 Å². The largest absolute Gasteiger partial charge is 0.490 e. The SMILES string of the molecule is Cc1ccc2c(c1)OCCN2C(=O)c1ccccc1. The van der Waals surface area contributed by atoms with Crippen LogP contribution in [0.4, 0.5) is 5.69 Å². The lowest BCUT2D eigenvalue weighted by Gasteiger charge is -2.29. The zero-order chi connectivity index (χ0) is 13.2. The Balaban J connectivity index is 1.98. The first-order valence-corrected chi connectivity index (χ1v) is 6.36. The fraction of sp³-hybridized carbons (Fsp3) is 0.188. The van der Waals surface area contributed by atoms with Crippen molar-refractivity contribution < 1.29 is 9.53 Å². The lowest BCUT2D eigenvalue weighted by Crippen LogP contribution is -2.37. The van der Waals surface area contributed by atoms with Crippen LogP contribution >= 0.6 is 0 Å². The van der Waals surface area contributed by atoms with Gasteiger partial charge in [-0.25, -0.2) is 0 Å². The van der Waals surface area contributed by atoms with Crippen LogP contribution in [0.15, 0.2) is 48.5 Å². The van der Waals surface area contributed by atoms with Gasteiger partial charge in [0.15, 0.2) is 0 Å². The van der Waals surface area contributed by atoms with Crippen molar-refractivity contribution in [3.05, 3.63) is 59.7 Å². The highest BCUT2D eigenvalue weighted by atomic mass is 16.5. The molecule has 1 aliphatic heterocycles. The summed E-state index contributed by atoms with van der Waals surface area (Å²) >= 11 is 0. The van der Waals surface area contributed by atoms with Crippen LogP contribution in [0.5, 0.6) is 5.75 Å². The number of carbonyl (C=O) groups excluding carboxylic acids is 1. The molecular weight excluding hydrogens is 238 g/mol. The van der Waals surface area contributed by atoms with E-state index < -0.39 is 0 Å². The molecule has 19 heavy (non-hydrogen) atoms. The molecule has 3 nitrogen and oxygen atoms in total. The molecule has 2 aromatic carbocycles. The van der Waals surface area contributed by atoms with Crippen LogP contribution in [-0.4, -0.2) is 19.1 Å². The van der Waals surface area contributed by atoms with Crippen molar-refractivity contribution in [3.63, 3.8) is 0 Å². The van der Waals surface area contributed by atoms with Gasteiger partial charge in [-0.1, -0.05) is 24.3 Å². The zero-order valence-corrected chi connectivity index (χ0v) is 10.8. The fourth-order valence-corrected chi connectivity index (χ4v) is 2.27. The number of rotatable bonds is 1. The first-order chi connectivity index (χ1) is 9.25. The Hall–Kier alpha value is -2.29. The van der Waals surface area contributed by atoms with E-state index in [1.807, 2.05) is 55.5 Å². The van der Waals surface area contributed by atoms with Crippen LogP contribution in [0.1, 0.15) is 15.9 Å². The number of anilines is 1. The number of fused-ring (bicyclic) bond motifs is 1. The summed E-state index contributed by atoms with van der Waals surface area (Å²) in [5.41, 5.74) is 2.69. The van der Waals surface area contributed by atoms with E-state index in [9.17, 15) is 4.79 Å². The van der Waals surface area contributed by atoms with Crippen molar-refractivity contribution >= 4 is 11.6 Å². The van der Waals surface area contributed by atoms with Crippen LogP contribution in [0.25, 0.3) is 0 Å². The smallest absolute Gasteiger partial charge is 0.258 e. The van der Waals surface area contributed by atoms with Crippen LogP contribution in [0.3, 0.4) is 0 Å². The number of hydrogen-bond donors (Lipinski definition) is 0. The summed E-state index contributed by atoms with van der Waals surface area (Å²) in [6.45, 7) is 3.14. The minimum absolute atomic E-state index is 0.0222. The maximum absolute atomic E-state index is 12.5. The standard InChI is InChI=1S/C16H15NO2/c1-12-7-8-14-15(11-12)19-10-9-17(14)16(18)13-5-3-2-4-6-13/h2-8,11H,9-10H2,1H3. The van der Waals surface area contributed by atoms with Gasteiger partial charge in [0.2, 0.25) is 0 Å². The molecule has 2 aromatic rings. The van der Waals surface area contributed by atoms with Gasteiger partial charge >= 0.3 is 0 Å². The number of nitrogens with zero attached hydrogens (tertiary/aromatic N) is 1. The van der Waals surface area contributed by atoms with Crippen LogP contribution < -0.4 is 9.64 Å². The minimum atomic E-state index is 0.0222. The molecule has 0 aliphatic carbocycles. The molecule has 0 N–H and O–H groups in total. The Labute approximate surface area is 112 Å². The molecule has 1 amide bonds. The summed E-state index contributed by atoms with van der Waals surface area (Å²) in [6.07, 6.45) is 0. The van der Waals surface area contributed by atoms with Crippen LogP contribution in [0.2, 0.25) is 0 Å². The van der Waals surface area contributed by atoms with Crippen molar-refractivity contribution in [2.45, 2.75) is 6.92 Å². The topological polar surface area (TPSA) is 29.5 Å². The van der Waals surface area contributed by atoms with E-state index in [0.29, 0.717) is 18.7 Å². The first kappa shape index (κ1) is 11.8. The van der Waals surface area contributed by atoms with Crippen LogP contribution in [0, 0.1) is 6.92 Å². The molecule has 3 rings (SSSR count). The normalized spacial score (nSPS) is 13.6. The maximum atomic E-state index is 12.5. The van der Waals surface area contributed by atoms with E-state index in [-0.39, 0.29) is 5.91 Å². The van der Waals surface area contributed by atoms with Crippen molar-refractivity contribution in [2.24, 2.45) is 0 Å². The van der Waals surface area contributed by atoms with E-state index in [1.54, 1.807) is 4.90 Å². The van der Waals surface area contributed by atoms with E-state index in [1.165, 1.54) is 0 Å². The molecular formula is C16H15NO2. The predicted octanol–water partition coefficient (Wildman–Crippen LogP) is 3.03. The summed E-state index contributed by atoms with van der Waals surface area (Å²) < 4.78 is 5.63. The number of amides is 1. The van der Waals surface area contributed by atoms with E-state index in [2.05, 4.69) is 0 Å². The third-order valence-corrected chi connectivity index (χ3v) is 3.24. The van der Waals surface area contributed by atoms with Gasteiger partial charge in [0.05, 0.1) is 12.2 Å². The molecule has 0 saturated carbocycles. The number of aryl methyl sites for hydroxylation is 1. The average Bonchev–Trinajstić information content (AvgIpc) is 2.46. The van der Waals surface area contributed by atoms with E-state index in [4.69, 9.17) is 4.74 Å². The molecule has 0 spiro atoms. The van der Waals surface area contributed by atoms with Crippen molar-refractivity contribution in [1.82, 2.24) is 0 Å². The minimum Gasteiger partial charge on any atom is -0.490 e. The van der Waals surface area contributed by atoms with Gasteiger partial charge in [-0.05, 0) is 36.8 Å². The Morgan fingerprint density at radius 1 is 1.16 bits per heavy atom. The maximum Gasteiger partial charge on any atom is 0.258 e. The highest BCUT2D eigenvalue weighted by Gasteiger charge is 2.24. The third kappa shape index (κ3) is 2.19. The van der Waals surface area contributed by atoms with Gasteiger partial charge in [0, 0.05) is 5.56 Å². The number of hydrogen-bond acceptors (Lipinski definition) is 2. The van der Waals surface area contributed by atoms with Gasteiger partial charge in [0.25, 0.3) is 5.91 Å². The van der Waals surface area contributed by atoms with Gasteiger partial charge in [-0.15, -0.1) is 0 Å². The number of benzene rings is 2. The van der Waals surface area contributed by atoms with Crippen molar-refractivity contribution in [3.8, 4) is 5.75 Å². The quantitative estimate of drug-likeness (QED) is 0.781. The van der Waals surface area contributed by atoms with Crippen molar-refractivity contribution in [2.75, 3.05) is 18.1 Å². The molecule has 0 bridgehead atoms. The average molecular weight is 253 g/mol.